The van der Waals surface area contributed by atoms with Crippen molar-refractivity contribution >= 4 is 5.78 Å². The zero-order valence-electron chi connectivity index (χ0n) is 9.71. The maximum absolute atomic E-state index is 11.8. The van der Waals surface area contributed by atoms with Crippen LogP contribution >= 0.6 is 0 Å². The SMILES string of the molecule is CCOC(CC)C(=O)C(C)CCOC. The molecule has 0 bridgehead atoms. The van der Waals surface area contributed by atoms with E-state index in [1.165, 1.54) is 0 Å². The van der Waals surface area contributed by atoms with Crippen LogP contribution in [0.3, 0.4) is 0 Å². The van der Waals surface area contributed by atoms with Crippen molar-refractivity contribution in [2.24, 2.45) is 5.92 Å². The second-order valence-corrected chi connectivity index (χ2v) is 3.44. The Hall–Kier alpha value is -0.410. The number of carbonyl (C=O) groups excluding carboxylic acids is 1. The van der Waals surface area contributed by atoms with Crippen LogP contribution in [0.2, 0.25) is 0 Å². The zero-order valence-corrected chi connectivity index (χ0v) is 9.71. The van der Waals surface area contributed by atoms with Crippen molar-refractivity contribution in [3.63, 3.8) is 0 Å². The number of Topliss-reactive ketones (excluding diaryl/α,β-unsaturated/α-hetero) is 1. The minimum Gasteiger partial charge on any atom is -0.385 e. The van der Waals surface area contributed by atoms with E-state index in [9.17, 15) is 4.79 Å². The van der Waals surface area contributed by atoms with Crippen LogP contribution in [0.15, 0.2) is 0 Å². The standard InChI is InChI=1S/C11H22O3/c1-5-10(14-6-2)11(12)9(3)7-8-13-4/h9-10H,5-8H2,1-4H3. The average molecular weight is 202 g/mol. The van der Waals surface area contributed by atoms with Gasteiger partial charge in [-0.2, -0.15) is 0 Å². The number of ether oxygens (including phenoxy) is 2. The molecule has 0 N–H and O–H groups in total. The molecule has 0 aromatic heterocycles. The molecule has 3 nitrogen and oxygen atoms in total. The molecule has 0 amide bonds. The summed E-state index contributed by atoms with van der Waals surface area (Å²) < 4.78 is 10.3. The van der Waals surface area contributed by atoms with Gasteiger partial charge in [0, 0.05) is 26.2 Å². The van der Waals surface area contributed by atoms with Crippen molar-refractivity contribution in [1.29, 1.82) is 0 Å². The lowest BCUT2D eigenvalue weighted by Crippen LogP contribution is -2.29. The summed E-state index contributed by atoms with van der Waals surface area (Å²) in [6, 6.07) is 0. The Morgan fingerprint density at radius 1 is 1.36 bits per heavy atom. The molecule has 0 aliphatic carbocycles. The van der Waals surface area contributed by atoms with Crippen molar-refractivity contribution in [1.82, 2.24) is 0 Å². The van der Waals surface area contributed by atoms with Crippen LogP contribution in [-0.2, 0) is 14.3 Å². The van der Waals surface area contributed by atoms with Crippen LogP contribution < -0.4 is 0 Å². The van der Waals surface area contributed by atoms with Gasteiger partial charge in [0.2, 0.25) is 0 Å². The molecule has 3 heteroatoms. The summed E-state index contributed by atoms with van der Waals surface area (Å²) >= 11 is 0. The van der Waals surface area contributed by atoms with E-state index in [1.54, 1.807) is 7.11 Å². The Kier molecular flexibility index (Phi) is 7.71. The van der Waals surface area contributed by atoms with Crippen LogP contribution in [0.25, 0.3) is 0 Å². The van der Waals surface area contributed by atoms with Crippen molar-refractivity contribution < 1.29 is 14.3 Å². The maximum Gasteiger partial charge on any atom is 0.164 e. The number of hydrogen-bond acceptors (Lipinski definition) is 3. The molecule has 2 unspecified atom stereocenters. The predicted octanol–water partition coefficient (Wildman–Crippen LogP) is 2.04. The summed E-state index contributed by atoms with van der Waals surface area (Å²) in [6.45, 7) is 7.05. The molecule has 84 valence electrons. The zero-order chi connectivity index (χ0) is 11.0. The summed E-state index contributed by atoms with van der Waals surface area (Å²) in [5.74, 6) is 0.234. The molecule has 0 heterocycles. The summed E-state index contributed by atoms with van der Waals surface area (Å²) in [4.78, 5) is 11.8. The first-order chi connectivity index (χ1) is 6.67. The molecule has 0 aliphatic rings. The fourth-order valence-electron chi connectivity index (χ4n) is 1.36. The lowest BCUT2D eigenvalue weighted by molar-refractivity contribution is -0.134. The Balaban J connectivity index is 3.99. The van der Waals surface area contributed by atoms with Gasteiger partial charge in [-0.25, -0.2) is 0 Å². The molecule has 0 saturated heterocycles. The van der Waals surface area contributed by atoms with Gasteiger partial charge >= 0.3 is 0 Å². The quantitative estimate of drug-likeness (QED) is 0.604. The highest BCUT2D eigenvalue weighted by Gasteiger charge is 2.22. The molecule has 0 rings (SSSR count). The molecule has 0 fully saturated rings. The third-order valence-corrected chi connectivity index (χ3v) is 2.30. The Bertz CT molecular complexity index is 157. The van der Waals surface area contributed by atoms with Crippen LogP contribution in [-0.4, -0.2) is 32.2 Å². The van der Waals surface area contributed by atoms with Gasteiger partial charge in [-0.15, -0.1) is 0 Å². The van der Waals surface area contributed by atoms with E-state index in [2.05, 4.69) is 0 Å². The molecule has 14 heavy (non-hydrogen) atoms. The third-order valence-electron chi connectivity index (χ3n) is 2.30. The minimum absolute atomic E-state index is 0.0337. The van der Waals surface area contributed by atoms with Crippen molar-refractivity contribution in [2.45, 2.75) is 39.7 Å². The fraction of sp³-hybridized carbons (Fsp3) is 0.909. The van der Waals surface area contributed by atoms with Gasteiger partial charge in [-0.1, -0.05) is 13.8 Å². The first kappa shape index (κ1) is 13.6. The topological polar surface area (TPSA) is 35.5 Å². The molecular weight excluding hydrogens is 180 g/mol. The normalized spacial score (nSPS) is 15.1. The summed E-state index contributed by atoms with van der Waals surface area (Å²) in [6.07, 6.45) is 1.30. The monoisotopic (exact) mass is 202 g/mol. The van der Waals surface area contributed by atoms with Crippen LogP contribution in [0.5, 0.6) is 0 Å². The molecule has 0 spiro atoms. The van der Waals surface area contributed by atoms with Crippen molar-refractivity contribution in [3.8, 4) is 0 Å². The fourth-order valence-corrected chi connectivity index (χ4v) is 1.36. The van der Waals surface area contributed by atoms with Crippen molar-refractivity contribution in [3.05, 3.63) is 0 Å². The highest BCUT2D eigenvalue weighted by atomic mass is 16.5. The lowest BCUT2D eigenvalue weighted by Gasteiger charge is -2.18. The average Bonchev–Trinajstić information content (AvgIpc) is 2.21. The van der Waals surface area contributed by atoms with Gasteiger partial charge < -0.3 is 9.47 Å². The van der Waals surface area contributed by atoms with Crippen LogP contribution in [0.4, 0.5) is 0 Å². The number of rotatable bonds is 8. The Morgan fingerprint density at radius 2 is 2.00 bits per heavy atom. The van der Waals surface area contributed by atoms with E-state index in [0.717, 1.165) is 12.8 Å². The van der Waals surface area contributed by atoms with Crippen LogP contribution in [0.1, 0.15) is 33.6 Å². The second-order valence-electron chi connectivity index (χ2n) is 3.44. The smallest absolute Gasteiger partial charge is 0.164 e. The first-order valence-corrected chi connectivity index (χ1v) is 5.31. The number of ketones is 1. The van der Waals surface area contributed by atoms with E-state index in [0.29, 0.717) is 13.2 Å². The van der Waals surface area contributed by atoms with Crippen LogP contribution in [0, 0.1) is 5.92 Å². The van der Waals surface area contributed by atoms with Gasteiger partial charge in [-0.05, 0) is 19.8 Å². The third kappa shape index (κ3) is 4.72. The molecule has 0 aromatic carbocycles. The Labute approximate surface area is 86.8 Å². The number of methoxy groups -OCH3 is 1. The van der Waals surface area contributed by atoms with Gasteiger partial charge in [0.15, 0.2) is 5.78 Å². The van der Waals surface area contributed by atoms with Gasteiger partial charge in [0.05, 0.1) is 0 Å². The lowest BCUT2D eigenvalue weighted by atomic mass is 9.97. The first-order valence-electron chi connectivity index (χ1n) is 5.31. The summed E-state index contributed by atoms with van der Waals surface area (Å²) in [5, 5.41) is 0. The van der Waals surface area contributed by atoms with Gasteiger partial charge in [0.25, 0.3) is 0 Å². The van der Waals surface area contributed by atoms with Gasteiger partial charge in [0.1, 0.15) is 6.10 Å². The Morgan fingerprint density at radius 3 is 2.43 bits per heavy atom. The molecule has 2 atom stereocenters. The number of hydrogen-bond donors (Lipinski definition) is 0. The van der Waals surface area contributed by atoms with E-state index >= 15 is 0 Å². The second kappa shape index (κ2) is 7.94. The highest BCUT2D eigenvalue weighted by molar-refractivity contribution is 5.85. The summed E-state index contributed by atoms with van der Waals surface area (Å²) in [5.41, 5.74) is 0. The van der Waals surface area contributed by atoms with Gasteiger partial charge in [-0.3, -0.25) is 4.79 Å². The molecule has 0 radical (unpaired) electrons. The molecular formula is C11H22O3. The predicted molar refractivity (Wildman–Crippen MR) is 56.4 cm³/mol. The van der Waals surface area contributed by atoms with E-state index in [1.807, 2.05) is 20.8 Å². The van der Waals surface area contributed by atoms with E-state index in [-0.39, 0.29) is 17.8 Å². The van der Waals surface area contributed by atoms with E-state index < -0.39 is 0 Å². The highest BCUT2D eigenvalue weighted by Crippen LogP contribution is 2.11. The maximum atomic E-state index is 11.8. The largest absolute Gasteiger partial charge is 0.385 e. The molecule has 0 aromatic rings. The number of carbonyl (C=O) groups is 1. The summed E-state index contributed by atoms with van der Waals surface area (Å²) in [7, 11) is 1.65. The molecule has 0 saturated carbocycles. The van der Waals surface area contributed by atoms with E-state index in [4.69, 9.17) is 9.47 Å². The molecule has 0 aliphatic heterocycles. The minimum atomic E-state index is -0.230. The van der Waals surface area contributed by atoms with Crippen molar-refractivity contribution in [2.75, 3.05) is 20.3 Å².